The van der Waals surface area contributed by atoms with Crippen LogP contribution in [0.1, 0.15) is 17.0 Å². The van der Waals surface area contributed by atoms with Crippen molar-refractivity contribution in [3.63, 3.8) is 0 Å². The Labute approximate surface area is 116 Å². The van der Waals surface area contributed by atoms with E-state index >= 15 is 0 Å². The molecule has 2 aromatic rings. The van der Waals surface area contributed by atoms with Gasteiger partial charge in [-0.1, -0.05) is 41.1 Å². The highest BCUT2D eigenvalue weighted by Crippen LogP contribution is 2.30. The average molecular weight is 267 g/mol. The molecule has 1 atom stereocenters. The molecule has 0 aliphatic carbocycles. The molecule has 1 unspecified atom stereocenters. The first-order valence-electron chi connectivity index (χ1n) is 6.26. The minimum absolute atomic E-state index is 0.390. The fourth-order valence-electron chi connectivity index (χ4n) is 2.25. The summed E-state index contributed by atoms with van der Waals surface area (Å²) in [6.07, 6.45) is 5.70. The van der Waals surface area contributed by atoms with Crippen LogP contribution in [-0.4, -0.2) is 29.2 Å². The van der Waals surface area contributed by atoms with E-state index in [2.05, 4.69) is 15.1 Å². The van der Waals surface area contributed by atoms with Gasteiger partial charge in [-0.15, -0.1) is 0 Å². The quantitative estimate of drug-likeness (QED) is 0.797. The van der Waals surface area contributed by atoms with Gasteiger partial charge in [0.2, 0.25) is 12.2 Å². The lowest BCUT2D eigenvalue weighted by atomic mass is 9.79. The van der Waals surface area contributed by atoms with Gasteiger partial charge >= 0.3 is 0 Å². The van der Waals surface area contributed by atoms with Crippen molar-refractivity contribution in [1.82, 2.24) is 10.1 Å². The second kappa shape index (κ2) is 4.85. The van der Waals surface area contributed by atoms with Crippen molar-refractivity contribution in [1.29, 1.82) is 0 Å². The molecule has 0 bridgehead atoms. The third-order valence-corrected chi connectivity index (χ3v) is 3.42. The molecule has 100 valence electrons. The van der Waals surface area contributed by atoms with Crippen LogP contribution in [0.15, 0.2) is 46.3 Å². The zero-order valence-electron chi connectivity index (χ0n) is 11.0. The van der Waals surface area contributed by atoms with Crippen LogP contribution in [-0.2, 0) is 10.2 Å². The molecule has 1 aromatic carbocycles. The number of aryl methyl sites for hydroxylation is 1. The van der Waals surface area contributed by atoms with Crippen LogP contribution in [0.5, 0.6) is 0 Å². The summed E-state index contributed by atoms with van der Waals surface area (Å²) in [5, 5.41) is 3.79. The highest BCUT2D eigenvalue weighted by molar-refractivity contribution is 6.10. The van der Waals surface area contributed by atoms with Gasteiger partial charge in [-0.2, -0.15) is 4.98 Å². The lowest BCUT2D eigenvalue weighted by molar-refractivity contribution is -0.110. The van der Waals surface area contributed by atoms with Crippen molar-refractivity contribution >= 4 is 18.1 Å². The Hall–Kier alpha value is -2.56. The summed E-state index contributed by atoms with van der Waals surface area (Å²) in [7, 11) is 0. The number of hydrogen-bond donors (Lipinski definition) is 0. The van der Waals surface area contributed by atoms with Crippen LogP contribution >= 0.6 is 0 Å². The van der Waals surface area contributed by atoms with Crippen LogP contribution < -0.4 is 0 Å². The molecule has 0 saturated carbocycles. The van der Waals surface area contributed by atoms with Gasteiger partial charge in [0.25, 0.3) is 0 Å². The molecular formula is C15H13N3O2. The summed E-state index contributed by atoms with van der Waals surface area (Å²) >= 11 is 0. The molecule has 20 heavy (non-hydrogen) atoms. The fraction of sp³-hybridized carbons (Fsp3) is 0.200. The average Bonchev–Trinajstić information content (AvgIpc) is 3.02. The Morgan fingerprint density at radius 3 is 2.75 bits per heavy atom. The fourth-order valence-corrected chi connectivity index (χ4v) is 2.25. The molecule has 0 saturated heterocycles. The summed E-state index contributed by atoms with van der Waals surface area (Å²) in [6.45, 7) is 2.40. The number of aromatic nitrogens is 2. The Bertz CT molecular complexity index is 672. The second-order valence-electron chi connectivity index (χ2n) is 4.85. The number of carbonyl (C=O) groups is 1. The Kier molecular flexibility index (Phi) is 3.02. The molecule has 0 radical (unpaired) electrons. The van der Waals surface area contributed by atoms with Crippen LogP contribution in [0.4, 0.5) is 0 Å². The molecule has 0 fully saturated rings. The van der Waals surface area contributed by atoms with E-state index in [1.165, 1.54) is 6.39 Å². The molecular weight excluding hydrogens is 254 g/mol. The van der Waals surface area contributed by atoms with Gasteiger partial charge in [0.1, 0.15) is 6.29 Å². The van der Waals surface area contributed by atoms with Crippen molar-refractivity contribution in [2.45, 2.75) is 12.3 Å². The molecule has 3 rings (SSSR count). The maximum absolute atomic E-state index is 11.7. The van der Waals surface area contributed by atoms with Gasteiger partial charge < -0.3 is 9.32 Å². The van der Waals surface area contributed by atoms with E-state index in [1.807, 2.05) is 37.3 Å². The van der Waals surface area contributed by atoms with Gasteiger partial charge in [-0.25, -0.2) is 0 Å². The predicted octanol–water partition coefficient (Wildman–Crippen LogP) is 1.98. The van der Waals surface area contributed by atoms with Gasteiger partial charge in [-0.3, -0.25) is 4.99 Å². The van der Waals surface area contributed by atoms with Crippen LogP contribution in [0.25, 0.3) is 5.57 Å². The van der Waals surface area contributed by atoms with Crippen molar-refractivity contribution in [2.75, 3.05) is 6.54 Å². The third kappa shape index (κ3) is 2.07. The van der Waals surface area contributed by atoms with Gasteiger partial charge in [0, 0.05) is 11.8 Å². The van der Waals surface area contributed by atoms with Crippen LogP contribution in [0, 0.1) is 6.92 Å². The molecule has 0 N–H and O–H groups in total. The van der Waals surface area contributed by atoms with Gasteiger partial charge in [0.05, 0.1) is 12.0 Å². The summed E-state index contributed by atoms with van der Waals surface area (Å²) in [4.78, 5) is 20.0. The van der Waals surface area contributed by atoms with Crippen molar-refractivity contribution in [3.8, 4) is 0 Å². The summed E-state index contributed by atoms with van der Waals surface area (Å²) in [5.41, 5.74) is 1.99. The summed E-state index contributed by atoms with van der Waals surface area (Å²) in [5.74, 6) is 0.437. The number of allylic oxidation sites excluding steroid dienone is 1. The van der Waals surface area contributed by atoms with E-state index in [9.17, 15) is 4.79 Å². The lowest BCUT2D eigenvalue weighted by Gasteiger charge is -2.26. The zero-order valence-corrected chi connectivity index (χ0v) is 11.0. The molecule has 2 heterocycles. The van der Waals surface area contributed by atoms with Crippen molar-refractivity contribution < 1.29 is 9.32 Å². The number of dihydropyridines is 1. The van der Waals surface area contributed by atoms with E-state index < -0.39 is 5.41 Å². The van der Waals surface area contributed by atoms with Crippen LogP contribution in [0.3, 0.4) is 0 Å². The third-order valence-electron chi connectivity index (χ3n) is 3.42. The first-order valence-corrected chi connectivity index (χ1v) is 6.26. The maximum Gasteiger partial charge on any atom is 0.214 e. The van der Waals surface area contributed by atoms with Gasteiger partial charge in [0.15, 0.2) is 0 Å². The highest BCUT2D eigenvalue weighted by atomic mass is 16.5. The monoisotopic (exact) mass is 267 g/mol. The van der Waals surface area contributed by atoms with Crippen LogP contribution in [0.2, 0.25) is 0 Å². The molecule has 5 heteroatoms. The Morgan fingerprint density at radius 1 is 1.30 bits per heavy atom. The molecule has 0 amide bonds. The van der Waals surface area contributed by atoms with E-state index in [-0.39, 0.29) is 0 Å². The van der Waals surface area contributed by atoms with E-state index in [4.69, 9.17) is 4.52 Å². The lowest BCUT2D eigenvalue weighted by Crippen LogP contribution is -2.32. The molecule has 1 aliphatic heterocycles. The first kappa shape index (κ1) is 12.5. The molecule has 5 nitrogen and oxygen atoms in total. The Balaban J connectivity index is 2.07. The maximum atomic E-state index is 11.7. The zero-order chi connectivity index (χ0) is 14.0. The van der Waals surface area contributed by atoms with E-state index in [0.29, 0.717) is 17.9 Å². The highest BCUT2D eigenvalue weighted by Gasteiger charge is 2.32. The van der Waals surface area contributed by atoms with E-state index in [0.717, 1.165) is 17.4 Å². The standard InChI is InChI=1S/C15H13N3O2/c1-11-2-4-13(5-3-11)15(9-19)6-12(7-16-8-15)14-17-10-20-18-14/h2-7,9-10H,8H2,1H3. The SMILES string of the molecule is Cc1ccc(C2(C=O)C=C(c3ncon3)C=NC2)cc1. The predicted molar refractivity (Wildman–Crippen MR) is 74.6 cm³/mol. The molecule has 1 aromatic heterocycles. The first-order chi connectivity index (χ1) is 9.73. The summed E-state index contributed by atoms with van der Waals surface area (Å²) < 4.78 is 4.74. The second-order valence-corrected chi connectivity index (χ2v) is 4.85. The summed E-state index contributed by atoms with van der Waals surface area (Å²) in [6, 6.07) is 7.88. The van der Waals surface area contributed by atoms with E-state index in [1.54, 1.807) is 6.21 Å². The Morgan fingerprint density at radius 2 is 2.10 bits per heavy atom. The number of aldehydes is 1. The number of nitrogens with zero attached hydrogens (tertiary/aromatic N) is 3. The number of hydrogen-bond acceptors (Lipinski definition) is 5. The molecule has 0 spiro atoms. The molecule has 1 aliphatic rings. The minimum Gasteiger partial charge on any atom is -0.342 e. The normalized spacial score (nSPS) is 21.6. The minimum atomic E-state index is -0.765. The number of aliphatic imine (C=N–C) groups is 1. The van der Waals surface area contributed by atoms with Gasteiger partial charge in [-0.05, 0) is 12.5 Å². The number of benzene rings is 1. The largest absolute Gasteiger partial charge is 0.342 e. The smallest absolute Gasteiger partial charge is 0.214 e. The topological polar surface area (TPSA) is 68.3 Å². The number of carbonyl (C=O) groups excluding carboxylic acids is 1. The number of rotatable bonds is 3. The van der Waals surface area contributed by atoms with Crippen molar-refractivity contribution in [2.24, 2.45) is 4.99 Å². The van der Waals surface area contributed by atoms with Crippen molar-refractivity contribution in [3.05, 3.63) is 53.7 Å².